The van der Waals surface area contributed by atoms with E-state index in [0.29, 0.717) is 26.4 Å². The van der Waals surface area contributed by atoms with E-state index in [9.17, 15) is 8.42 Å². The summed E-state index contributed by atoms with van der Waals surface area (Å²) in [5, 5.41) is -0.782. The van der Waals surface area contributed by atoms with E-state index in [1.54, 1.807) is 0 Å². The smallest absolute Gasteiger partial charge is 0.267 e. The van der Waals surface area contributed by atoms with Crippen LogP contribution in [0.25, 0.3) is 0 Å². The Balaban J connectivity index is 3.19. The second-order valence-corrected chi connectivity index (χ2v) is 6.65. The molecule has 1 unspecified atom stereocenters. The van der Waals surface area contributed by atoms with Crippen molar-refractivity contribution in [3.05, 3.63) is 0 Å². The molecular formula is C12H25ClO5S. The van der Waals surface area contributed by atoms with Crippen molar-refractivity contribution in [2.45, 2.75) is 44.3 Å². The molecular weight excluding hydrogens is 292 g/mol. The van der Waals surface area contributed by atoms with Gasteiger partial charge in [-0.3, -0.25) is 4.55 Å². The van der Waals surface area contributed by atoms with Crippen molar-refractivity contribution in [1.29, 1.82) is 0 Å². The number of unbranched alkanes of at least 4 members (excludes halogenated alkanes) is 3. The molecule has 0 rings (SSSR count). The molecule has 116 valence electrons. The Labute approximate surface area is 121 Å². The predicted molar refractivity (Wildman–Crippen MR) is 76.5 cm³/mol. The van der Waals surface area contributed by atoms with Crippen LogP contribution in [0.15, 0.2) is 0 Å². The van der Waals surface area contributed by atoms with Crippen LogP contribution in [-0.4, -0.2) is 50.5 Å². The quantitative estimate of drug-likeness (QED) is 0.321. The Morgan fingerprint density at radius 1 is 1.00 bits per heavy atom. The third kappa shape index (κ3) is 12.9. The number of hydrogen-bond acceptors (Lipinski definition) is 4. The molecule has 5 nitrogen and oxygen atoms in total. The first-order valence-corrected chi connectivity index (χ1v) is 8.70. The van der Waals surface area contributed by atoms with Gasteiger partial charge in [-0.15, -0.1) is 11.6 Å². The lowest BCUT2D eigenvalue weighted by Gasteiger charge is -2.09. The van der Waals surface area contributed by atoms with Gasteiger partial charge in [0.2, 0.25) is 0 Å². The largest absolute Gasteiger partial charge is 0.379 e. The summed E-state index contributed by atoms with van der Waals surface area (Å²) >= 11 is 5.56. The highest BCUT2D eigenvalue weighted by atomic mass is 35.5. The standard InChI is InChI=1S/C12H25ClO5S/c1-12(19(14,15)16)6-9-18-11-10-17-8-5-3-2-4-7-13/h12H,2-11H2,1H3,(H,14,15,16). The first-order chi connectivity index (χ1) is 8.98. The molecule has 0 bridgehead atoms. The van der Waals surface area contributed by atoms with Gasteiger partial charge in [0.15, 0.2) is 0 Å². The van der Waals surface area contributed by atoms with E-state index in [2.05, 4.69) is 0 Å². The van der Waals surface area contributed by atoms with Gasteiger partial charge in [-0.25, -0.2) is 0 Å². The van der Waals surface area contributed by atoms with Crippen LogP contribution in [0.4, 0.5) is 0 Å². The maximum atomic E-state index is 10.7. The van der Waals surface area contributed by atoms with Crippen LogP contribution in [0.2, 0.25) is 0 Å². The molecule has 1 atom stereocenters. The zero-order valence-corrected chi connectivity index (χ0v) is 13.1. The van der Waals surface area contributed by atoms with Crippen molar-refractivity contribution in [1.82, 2.24) is 0 Å². The van der Waals surface area contributed by atoms with Gasteiger partial charge in [0.1, 0.15) is 0 Å². The molecule has 1 N–H and O–H groups in total. The van der Waals surface area contributed by atoms with Crippen LogP contribution in [0.3, 0.4) is 0 Å². The third-order valence-electron chi connectivity index (χ3n) is 2.72. The van der Waals surface area contributed by atoms with Crippen LogP contribution in [0.1, 0.15) is 39.0 Å². The van der Waals surface area contributed by atoms with Crippen LogP contribution < -0.4 is 0 Å². The maximum absolute atomic E-state index is 10.7. The van der Waals surface area contributed by atoms with Crippen LogP contribution >= 0.6 is 11.6 Å². The van der Waals surface area contributed by atoms with Crippen molar-refractivity contribution in [3.63, 3.8) is 0 Å². The molecule has 0 heterocycles. The molecule has 0 spiro atoms. The van der Waals surface area contributed by atoms with Crippen LogP contribution in [-0.2, 0) is 19.6 Å². The predicted octanol–water partition coefficient (Wildman–Crippen LogP) is 2.49. The highest BCUT2D eigenvalue weighted by Gasteiger charge is 2.16. The summed E-state index contributed by atoms with van der Waals surface area (Å²) in [6, 6.07) is 0. The van der Waals surface area contributed by atoms with Crippen LogP contribution in [0.5, 0.6) is 0 Å². The Bertz CT molecular complexity index is 294. The summed E-state index contributed by atoms with van der Waals surface area (Å²) in [5.41, 5.74) is 0. The van der Waals surface area contributed by atoms with Gasteiger partial charge in [-0.1, -0.05) is 12.8 Å². The average molecular weight is 317 g/mol. The first kappa shape index (κ1) is 19.1. The van der Waals surface area contributed by atoms with Gasteiger partial charge >= 0.3 is 0 Å². The van der Waals surface area contributed by atoms with Crippen molar-refractivity contribution in [2.24, 2.45) is 0 Å². The lowest BCUT2D eigenvalue weighted by atomic mass is 10.2. The molecule has 0 aliphatic carbocycles. The average Bonchev–Trinajstić information content (AvgIpc) is 2.34. The number of ether oxygens (including phenoxy) is 2. The zero-order chi connectivity index (χ0) is 14.6. The third-order valence-corrected chi connectivity index (χ3v) is 4.24. The molecule has 0 saturated heterocycles. The molecule has 0 fully saturated rings. The van der Waals surface area contributed by atoms with Gasteiger partial charge in [-0.05, 0) is 26.2 Å². The summed E-state index contributed by atoms with van der Waals surface area (Å²) in [5.74, 6) is 0.719. The Hall–Kier alpha value is 0.120. The number of alkyl halides is 1. The Morgan fingerprint density at radius 3 is 2.16 bits per heavy atom. The van der Waals surface area contributed by atoms with E-state index >= 15 is 0 Å². The van der Waals surface area contributed by atoms with Gasteiger partial charge < -0.3 is 9.47 Å². The number of rotatable bonds is 13. The van der Waals surface area contributed by atoms with E-state index in [-0.39, 0.29) is 6.42 Å². The highest BCUT2D eigenvalue weighted by molar-refractivity contribution is 7.86. The first-order valence-electron chi connectivity index (χ1n) is 6.66. The van der Waals surface area contributed by atoms with E-state index < -0.39 is 15.4 Å². The fourth-order valence-electron chi connectivity index (χ4n) is 1.37. The topological polar surface area (TPSA) is 72.8 Å². The van der Waals surface area contributed by atoms with Gasteiger partial charge in [0, 0.05) is 19.1 Å². The zero-order valence-electron chi connectivity index (χ0n) is 11.5. The van der Waals surface area contributed by atoms with Crippen molar-refractivity contribution in [2.75, 3.05) is 32.3 Å². The molecule has 19 heavy (non-hydrogen) atoms. The molecule has 0 saturated carbocycles. The minimum absolute atomic E-state index is 0.289. The van der Waals surface area contributed by atoms with Crippen molar-refractivity contribution in [3.8, 4) is 0 Å². The molecule has 0 aromatic rings. The number of hydrogen-bond donors (Lipinski definition) is 1. The lowest BCUT2D eigenvalue weighted by molar-refractivity contribution is 0.0454. The monoisotopic (exact) mass is 316 g/mol. The normalized spacial score (nSPS) is 13.6. The molecule has 0 radical (unpaired) electrons. The fourth-order valence-corrected chi connectivity index (χ4v) is 1.96. The molecule has 0 aliphatic heterocycles. The van der Waals surface area contributed by atoms with Gasteiger partial charge in [0.25, 0.3) is 10.1 Å². The summed E-state index contributed by atoms with van der Waals surface area (Å²) < 4.78 is 40.7. The molecule has 7 heteroatoms. The summed E-state index contributed by atoms with van der Waals surface area (Å²) in [7, 11) is -3.94. The van der Waals surface area contributed by atoms with Gasteiger partial charge in [-0.2, -0.15) is 8.42 Å². The van der Waals surface area contributed by atoms with E-state index in [4.69, 9.17) is 25.6 Å². The van der Waals surface area contributed by atoms with E-state index in [1.165, 1.54) is 6.92 Å². The van der Waals surface area contributed by atoms with Crippen LogP contribution in [0, 0.1) is 0 Å². The Morgan fingerprint density at radius 2 is 1.58 bits per heavy atom. The van der Waals surface area contributed by atoms with E-state index in [0.717, 1.165) is 31.6 Å². The Kier molecular flexibility index (Phi) is 12.0. The van der Waals surface area contributed by atoms with Crippen molar-refractivity contribution < 1.29 is 22.4 Å². The molecule has 0 amide bonds. The SMILES string of the molecule is CC(CCOCCOCCCCCCCl)S(=O)(=O)O. The van der Waals surface area contributed by atoms with E-state index in [1.807, 2.05) is 0 Å². The fraction of sp³-hybridized carbons (Fsp3) is 1.00. The van der Waals surface area contributed by atoms with Gasteiger partial charge in [0.05, 0.1) is 18.5 Å². The second kappa shape index (κ2) is 11.9. The summed E-state index contributed by atoms with van der Waals surface area (Å²) in [6.07, 6.45) is 4.63. The second-order valence-electron chi connectivity index (χ2n) is 4.44. The lowest BCUT2D eigenvalue weighted by Crippen LogP contribution is -2.19. The molecule has 0 aliphatic rings. The summed E-state index contributed by atoms with van der Waals surface area (Å²) in [6.45, 7) is 3.43. The molecule has 0 aromatic carbocycles. The summed E-state index contributed by atoms with van der Waals surface area (Å²) in [4.78, 5) is 0. The van der Waals surface area contributed by atoms with Crippen molar-refractivity contribution >= 4 is 21.7 Å². The maximum Gasteiger partial charge on any atom is 0.267 e. The number of halogens is 1. The minimum Gasteiger partial charge on any atom is -0.379 e. The molecule has 0 aromatic heterocycles. The highest BCUT2D eigenvalue weighted by Crippen LogP contribution is 2.03. The minimum atomic E-state index is -3.94.